The van der Waals surface area contributed by atoms with Crippen LogP contribution in [-0.4, -0.2) is 34.8 Å². The van der Waals surface area contributed by atoms with Crippen molar-refractivity contribution in [3.05, 3.63) is 23.8 Å². The molecule has 0 aliphatic carbocycles. The molecule has 0 radical (unpaired) electrons. The second-order valence-electron chi connectivity index (χ2n) is 4.95. The molecule has 0 amide bonds. The molecule has 1 atom stereocenters. The lowest BCUT2D eigenvalue weighted by atomic mass is 10.1. The third kappa shape index (κ3) is 2.75. The molecule has 2 heterocycles. The second kappa shape index (κ2) is 5.11. The number of ether oxygens (including phenoxy) is 2. The lowest BCUT2D eigenvalue weighted by molar-refractivity contribution is 0.186. The Morgan fingerprint density at radius 2 is 2.21 bits per heavy atom. The summed E-state index contributed by atoms with van der Waals surface area (Å²) in [5.41, 5.74) is 0.965. The summed E-state index contributed by atoms with van der Waals surface area (Å²) in [7, 11) is -3.43. The summed E-state index contributed by atoms with van der Waals surface area (Å²) in [6.45, 7) is 2.44. The van der Waals surface area contributed by atoms with E-state index in [4.69, 9.17) is 9.47 Å². The zero-order valence-corrected chi connectivity index (χ0v) is 11.4. The fourth-order valence-corrected chi connectivity index (χ4v) is 3.55. The van der Waals surface area contributed by atoms with Gasteiger partial charge in [0.05, 0.1) is 18.1 Å². The number of hydrogen-bond acceptors (Lipinski definition) is 4. The minimum absolute atomic E-state index is 0.285. The topological polar surface area (TPSA) is 64.6 Å². The van der Waals surface area contributed by atoms with E-state index in [1.165, 1.54) is 0 Å². The molecule has 1 aromatic rings. The van der Waals surface area contributed by atoms with Crippen LogP contribution in [0.1, 0.15) is 12.0 Å². The van der Waals surface area contributed by atoms with Crippen LogP contribution in [0.25, 0.3) is 0 Å². The third-order valence-corrected chi connectivity index (χ3v) is 4.98. The lowest BCUT2D eigenvalue weighted by Crippen LogP contribution is -2.29. The maximum Gasteiger partial charge on any atom is 0.240 e. The lowest BCUT2D eigenvalue weighted by Gasteiger charge is -2.11. The van der Waals surface area contributed by atoms with Gasteiger partial charge in [-0.2, -0.15) is 0 Å². The van der Waals surface area contributed by atoms with Crippen LogP contribution in [0.5, 0.6) is 5.75 Å². The number of hydrogen-bond donors (Lipinski definition) is 1. The van der Waals surface area contributed by atoms with Gasteiger partial charge in [0.15, 0.2) is 0 Å². The van der Waals surface area contributed by atoms with E-state index in [1.807, 2.05) is 0 Å². The average Bonchev–Trinajstić information content (AvgIpc) is 3.06. The number of fused-ring (bicyclic) bond motifs is 1. The van der Waals surface area contributed by atoms with Crippen LogP contribution in [0.2, 0.25) is 0 Å². The normalized spacial score (nSPS) is 22.2. The first-order chi connectivity index (χ1) is 9.15. The Labute approximate surface area is 113 Å². The molecule has 1 aromatic carbocycles. The van der Waals surface area contributed by atoms with Gasteiger partial charge in [0, 0.05) is 19.6 Å². The standard InChI is InChI=1S/C13H17NO4S/c15-19(16,14-8-10-3-5-17-9-10)12-1-2-13-11(7-12)4-6-18-13/h1-2,7,10,14H,3-6,8-9H2/t10-/m1/s1. The summed E-state index contributed by atoms with van der Waals surface area (Å²) in [5, 5.41) is 0. The first-order valence-corrected chi connectivity index (χ1v) is 7.96. The molecule has 0 saturated carbocycles. The van der Waals surface area contributed by atoms with Gasteiger partial charge in [-0.15, -0.1) is 0 Å². The summed E-state index contributed by atoms with van der Waals surface area (Å²) < 4.78 is 37.7. The van der Waals surface area contributed by atoms with Gasteiger partial charge < -0.3 is 9.47 Å². The molecule has 104 valence electrons. The summed E-state index contributed by atoms with van der Waals surface area (Å²) in [5.74, 6) is 1.08. The molecule has 2 aliphatic heterocycles. The van der Waals surface area contributed by atoms with Crippen LogP contribution in [0, 0.1) is 5.92 Å². The molecule has 19 heavy (non-hydrogen) atoms. The largest absolute Gasteiger partial charge is 0.493 e. The summed E-state index contributed by atoms with van der Waals surface area (Å²) in [6.07, 6.45) is 1.69. The molecular weight excluding hydrogens is 266 g/mol. The van der Waals surface area contributed by atoms with Gasteiger partial charge in [0.2, 0.25) is 10.0 Å². The first kappa shape index (κ1) is 12.9. The van der Waals surface area contributed by atoms with Gasteiger partial charge in [0.25, 0.3) is 0 Å². The van der Waals surface area contributed by atoms with Crippen LogP contribution in [-0.2, 0) is 21.2 Å². The van der Waals surface area contributed by atoms with Crippen molar-refractivity contribution in [3.63, 3.8) is 0 Å². The second-order valence-corrected chi connectivity index (χ2v) is 6.72. The van der Waals surface area contributed by atoms with E-state index in [0.29, 0.717) is 24.7 Å². The SMILES string of the molecule is O=S(=O)(NC[C@H]1CCOC1)c1ccc2c(c1)CCO2. The zero-order chi connectivity index (χ0) is 13.3. The highest BCUT2D eigenvalue weighted by molar-refractivity contribution is 7.89. The molecule has 0 spiro atoms. The fraction of sp³-hybridized carbons (Fsp3) is 0.538. The molecule has 1 saturated heterocycles. The Kier molecular flexibility index (Phi) is 3.47. The fourth-order valence-electron chi connectivity index (χ4n) is 2.39. The summed E-state index contributed by atoms with van der Waals surface area (Å²) >= 11 is 0. The van der Waals surface area contributed by atoms with E-state index < -0.39 is 10.0 Å². The van der Waals surface area contributed by atoms with E-state index in [-0.39, 0.29) is 5.92 Å². The number of benzene rings is 1. The Morgan fingerprint density at radius 3 is 3.00 bits per heavy atom. The van der Waals surface area contributed by atoms with E-state index >= 15 is 0 Å². The minimum Gasteiger partial charge on any atom is -0.493 e. The van der Waals surface area contributed by atoms with Crippen LogP contribution in [0.4, 0.5) is 0 Å². The Morgan fingerprint density at radius 1 is 1.32 bits per heavy atom. The molecule has 2 aliphatic rings. The van der Waals surface area contributed by atoms with Crippen molar-refractivity contribution in [2.45, 2.75) is 17.7 Å². The Balaban J connectivity index is 1.72. The molecule has 0 bridgehead atoms. The smallest absolute Gasteiger partial charge is 0.240 e. The Bertz CT molecular complexity index is 564. The molecule has 3 rings (SSSR count). The van der Waals surface area contributed by atoms with Crippen LogP contribution in [0.15, 0.2) is 23.1 Å². The molecule has 6 heteroatoms. The van der Waals surface area contributed by atoms with Crippen molar-refractivity contribution in [1.29, 1.82) is 0 Å². The van der Waals surface area contributed by atoms with Gasteiger partial charge in [-0.1, -0.05) is 0 Å². The summed E-state index contributed by atoms with van der Waals surface area (Å²) in [4.78, 5) is 0.315. The molecule has 1 N–H and O–H groups in total. The predicted octanol–water partition coefficient (Wildman–Crippen LogP) is 0.936. The molecule has 1 fully saturated rings. The molecule has 0 aromatic heterocycles. The van der Waals surface area contributed by atoms with Crippen LogP contribution >= 0.6 is 0 Å². The molecular formula is C13H17NO4S. The van der Waals surface area contributed by atoms with Crippen molar-refractivity contribution in [1.82, 2.24) is 4.72 Å². The van der Waals surface area contributed by atoms with Crippen molar-refractivity contribution in [2.75, 3.05) is 26.4 Å². The maximum absolute atomic E-state index is 12.2. The quantitative estimate of drug-likeness (QED) is 0.893. The van der Waals surface area contributed by atoms with Crippen LogP contribution in [0.3, 0.4) is 0 Å². The van der Waals surface area contributed by atoms with Crippen molar-refractivity contribution >= 4 is 10.0 Å². The van der Waals surface area contributed by atoms with E-state index in [0.717, 1.165) is 30.8 Å². The van der Waals surface area contributed by atoms with Crippen molar-refractivity contribution < 1.29 is 17.9 Å². The van der Waals surface area contributed by atoms with Gasteiger partial charge in [0.1, 0.15) is 5.75 Å². The van der Waals surface area contributed by atoms with Crippen LogP contribution < -0.4 is 9.46 Å². The highest BCUT2D eigenvalue weighted by Gasteiger charge is 2.22. The minimum atomic E-state index is -3.43. The van der Waals surface area contributed by atoms with E-state index in [2.05, 4.69) is 4.72 Å². The molecule has 5 nitrogen and oxygen atoms in total. The maximum atomic E-state index is 12.2. The first-order valence-electron chi connectivity index (χ1n) is 6.48. The molecule has 0 unspecified atom stereocenters. The van der Waals surface area contributed by atoms with Gasteiger partial charge >= 0.3 is 0 Å². The van der Waals surface area contributed by atoms with E-state index in [9.17, 15) is 8.42 Å². The highest BCUT2D eigenvalue weighted by atomic mass is 32.2. The van der Waals surface area contributed by atoms with Gasteiger partial charge in [-0.3, -0.25) is 0 Å². The van der Waals surface area contributed by atoms with Crippen molar-refractivity contribution in [3.8, 4) is 5.75 Å². The summed E-state index contributed by atoms with van der Waals surface area (Å²) in [6, 6.07) is 5.03. The monoisotopic (exact) mass is 283 g/mol. The number of rotatable bonds is 4. The third-order valence-electron chi connectivity index (χ3n) is 3.56. The highest BCUT2D eigenvalue weighted by Crippen LogP contribution is 2.27. The van der Waals surface area contributed by atoms with Gasteiger partial charge in [-0.25, -0.2) is 13.1 Å². The van der Waals surface area contributed by atoms with Gasteiger partial charge in [-0.05, 0) is 36.1 Å². The van der Waals surface area contributed by atoms with E-state index in [1.54, 1.807) is 18.2 Å². The Hall–Kier alpha value is -1.11. The zero-order valence-electron chi connectivity index (χ0n) is 10.6. The predicted molar refractivity (Wildman–Crippen MR) is 69.8 cm³/mol. The number of sulfonamides is 1. The number of nitrogens with one attached hydrogen (secondary N) is 1. The van der Waals surface area contributed by atoms with Crippen molar-refractivity contribution in [2.24, 2.45) is 5.92 Å². The average molecular weight is 283 g/mol.